The van der Waals surface area contributed by atoms with Gasteiger partial charge in [0.25, 0.3) is 0 Å². The first kappa shape index (κ1) is 26.4. The van der Waals surface area contributed by atoms with Gasteiger partial charge in [0.05, 0.1) is 37.9 Å². The van der Waals surface area contributed by atoms with Gasteiger partial charge in [-0.2, -0.15) is 5.10 Å². The number of anilines is 3. The Hall–Kier alpha value is -4.78. The van der Waals surface area contributed by atoms with Crippen LogP contribution < -0.4 is 15.5 Å². The third-order valence-electron chi connectivity index (χ3n) is 7.29. The summed E-state index contributed by atoms with van der Waals surface area (Å²) in [5.74, 6) is 1.85. The molecule has 2 saturated heterocycles. The lowest BCUT2D eigenvalue weighted by atomic mass is 10.1. The molecule has 2 N–H and O–H groups in total. The van der Waals surface area contributed by atoms with Crippen molar-refractivity contribution >= 4 is 40.5 Å². The van der Waals surface area contributed by atoms with E-state index in [1.807, 2.05) is 35.1 Å². The van der Waals surface area contributed by atoms with Crippen molar-refractivity contribution in [2.75, 3.05) is 62.0 Å². The van der Waals surface area contributed by atoms with Crippen LogP contribution in [0.3, 0.4) is 0 Å². The van der Waals surface area contributed by atoms with E-state index in [4.69, 9.17) is 24.5 Å². The number of piperidine rings is 1. The van der Waals surface area contributed by atoms with E-state index < -0.39 is 0 Å². The van der Waals surface area contributed by atoms with Gasteiger partial charge in [-0.15, -0.1) is 0 Å². The zero-order valence-electron chi connectivity index (χ0n) is 22.7. The summed E-state index contributed by atoms with van der Waals surface area (Å²) < 4.78 is 12.4. The number of nitrogens with zero attached hydrogens (tertiary/aromatic N) is 7. The van der Waals surface area contributed by atoms with Crippen LogP contribution in [0.4, 0.5) is 26.9 Å². The van der Waals surface area contributed by atoms with Gasteiger partial charge in [-0.05, 0) is 49.2 Å². The molecular formula is C28H31N9O4. The second-order valence-electron chi connectivity index (χ2n) is 9.86. The van der Waals surface area contributed by atoms with Crippen LogP contribution >= 0.6 is 0 Å². The van der Waals surface area contributed by atoms with Crippen LogP contribution in [-0.2, 0) is 9.47 Å². The van der Waals surface area contributed by atoms with Gasteiger partial charge in [-0.25, -0.2) is 29.2 Å². The minimum Gasteiger partial charge on any atom is -0.453 e. The number of benzene rings is 1. The molecule has 41 heavy (non-hydrogen) atoms. The number of rotatable bonds is 5. The Morgan fingerprint density at radius 3 is 2.46 bits per heavy atom. The fourth-order valence-corrected chi connectivity index (χ4v) is 5.16. The van der Waals surface area contributed by atoms with Gasteiger partial charge in [0, 0.05) is 43.6 Å². The number of urea groups is 1. The van der Waals surface area contributed by atoms with Gasteiger partial charge in [0.1, 0.15) is 11.6 Å². The van der Waals surface area contributed by atoms with E-state index in [2.05, 4.69) is 20.5 Å². The summed E-state index contributed by atoms with van der Waals surface area (Å²) in [6.45, 7) is 3.89. The molecule has 2 fully saturated rings. The second-order valence-corrected chi connectivity index (χ2v) is 9.86. The van der Waals surface area contributed by atoms with Gasteiger partial charge in [0.15, 0.2) is 11.5 Å². The molecule has 1 aromatic carbocycles. The first-order valence-electron chi connectivity index (χ1n) is 13.6. The molecule has 0 bridgehead atoms. The fraction of sp³-hybridized carbons (Fsp3) is 0.357. The van der Waals surface area contributed by atoms with Gasteiger partial charge in [-0.3, -0.25) is 5.32 Å². The van der Waals surface area contributed by atoms with Crippen molar-refractivity contribution in [3.63, 3.8) is 0 Å². The number of hydrogen-bond acceptors (Lipinski definition) is 9. The molecule has 6 rings (SSSR count). The maximum atomic E-state index is 12.4. The predicted molar refractivity (Wildman–Crippen MR) is 153 cm³/mol. The maximum absolute atomic E-state index is 12.4. The molecule has 13 nitrogen and oxygen atoms in total. The number of fused-ring (bicyclic) bond motifs is 1. The number of morpholine rings is 1. The number of likely N-dealkylation sites (tertiary alicyclic amines) is 1. The molecular weight excluding hydrogens is 526 g/mol. The molecule has 2 aliphatic heterocycles. The normalized spacial score (nSPS) is 16.0. The van der Waals surface area contributed by atoms with Crippen LogP contribution in [0.25, 0.3) is 22.4 Å². The summed E-state index contributed by atoms with van der Waals surface area (Å²) in [5.41, 5.74) is 2.19. The lowest BCUT2D eigenvalue weighted by Gasteiger charge is -2.31. The SMILES string of the molecule is COC(=O)N1CCC(n2ncc3c(N4CCOCC4)nc(-c4ccc(NC(=O)Nc5ccccn5)cc4)nc32)CC1. The van der Waals surface area contributed by atoms with Gasteiger partial charge < -0.3 is 24.6 Å². The van der Waals surface area contributed by atoms with E-state index in [1.54, 1.807) is 29.3 Å². The number of ether oxygens (including phenoxy) is 2. The fourth-order valence-electron chi connectivity index (χ4n) is 5.16. The highest BCUT2D eigenvalue weighted by Crippen LogP contribution is 2.32. The monoisotopic (exact) mass is 557 g/mol. The number of hydrogen-bond donors (Lipinski definition) is 2. The molecule has 0 atom stereocenters. The molecule has 0 aliphatic carbocycles. The quantitative estimate of drug-likeness (QED) is 0.375. The zero-order valence-corrected chi connectivity index (χ0v) is 22.7. The van der Waals surface area contributed by atoms with Crippen LogP contribution in [0.2, 0.25) is 0 Å². The molecule has 3 aromatic heterocycles. The van der Waals surface area contributed by atoms with Crippen LogP contribution in [0, 0.1) is 0 Å². The maximum Gasteiger partial charge on any atom is 0.409 e. The molecule has 0 unspecified atom stereocenters. The molecule has 5 heterocycles. The minimum atomic E-state index is -0.383. The number of amides is 3. The molecule has 0 saturated carbocycles. The van der Waals surface area contributed by atoms with E-state index in [0.717, 1.165) is 48.3 Å². The first-order valence-corrected chi connectivity index (χ1v) is 13.6. The summed E-state index contributed by atoms with van der Waals surface area (Å²) in [7, 11) is 1.40. The smallest absolute Gasteiger partial charge is 0.409 e. The molecule has 3 amide bonds. The van der Waals surface area contributed by atoms with Crippen molar-refractivity contribution in [1.82, 2.24) is 29.6 Å². The first-order chi connectivity index (χ1) is 20.1. The summed E-state index contributed by atoms with van der Waals surface area (Å²) in [6, 6.07) is 12.4. The van der Waals surface area contributed by atoms with Gasteiger partial charge in [-0.1, -0.05) is 6.07 Å². The molecule has 212 valence electrons. The third-order valence-corrected chi connectivity index (χ3v) is 7.29. The highest BCUT2D eigenvalue weighted by Gasteiger charge is 2.28. The number of methoxy groups -OCH3 is 1. The highest BCUT2D eigenvalue weighted by molar-refractivity contribution is 5.99. The number of pyridine rings is 1. The van der Waals surface area contributed by atoms with Crippen LogP contribution in [0.15, 0.2) is 54.9 Å². The van der Waals surface area contributed by atoms with E-state index in [1.165, 1.54) is 7.11 Å². The second kappa shape index (κ2) is 11.8. The zero-order chi connectivity index (χ0) is 28.2. The summed E-state index contributed by atoms with van der Waals surface area (Å²) >= 11 is 0. The van der Waals surface area contributed by atoms with Crippen LogP contribution in [0.1, 0.15) is 18.9 Å². The Morgan fingerprint density at radius 2 is 1.76 bits per heavy atom. The van der Waals surface area contributed by atoms with E-state index in [0.29, 0.717) is 43.6 Å². The Balaban J connectivity index is 1.27. The Kier molecular flexibility index (Phi) is 7.58. The summed E-state index contributed by atoms with van der Waals surface area (Å²) in [4.78, 5) is 42.3. The predicted octanol–water partition coefficient (Wildman–Crippen LogP) is 3.77. The lowest BCUT2D eigenvalue weighted by Crippen LogP contribution is -2.39. The van der Waals surface area contributed by atoms with Crippen molar-refractivity contribution < 1.29 is 19.1 Å². The van der Waals surface area contributed by atoms with Gasteiger partial charge in [0.2, 0.25) is 0 Å². The summed E-state index contributed by atoms with van der Waals surface area (Å²) in [5, 5.41) is 11.2. The number of carbonyl (C=O) groups excluding carboxylic acids is 2. The van der Waals surface area contributed by atoms with Crippen molar-refractivity contribution in [3.05, 3.63) is 54.9 Å². The number of carbonyl (C=O) groups is 2. The third kappa shape index (κ3) is 5.75. The molecule has 0 spiro atoms. The minimum absolute atomic E-state index is 0.0953. The standard InChI is InChI=1S/C28H31N9O4/c1-40-28(39)36-12-9-21(10-13-36)37-26-22(18-30-37)25(35-14-16-41-17-15-35)33-24(34-26)19-5-7-20(8-6-19)31-27(38)32-23-4-2-3-11-29-23/h2-8,11,18,21H,9-10,12-17H2,1H3,(H2,29,31,32,38). The van der Waals surface area contributed by atoms with Crippen molar-refractivity contribution in [2.45, 2.75) is 18.9 Å². The Labute approximate surface area is 236 Å². The van der Waals surface area contributed by atoms with Crippen molar-refractivity contribution in [2.24, 2.45) is 0 Å². The summed E-state index contributed by atoms with van der Waals surface area (Å²) in [6.07, 6.45) is 4.64. The van der Waals surface area contributed by atoms with Gasteiger partial charge >= 0.3 is 12.1 Å². The topological polar surface area (TPSA) is 140 Å². The largest absolute Gasteiger partial charge is 0.453 e. The molecule has 13 heteroatoms. The number of nitrogens with one attached hydrogen (secondary N) is 2. The van der Waals surface area contributed by atoms with Crippen molar-refractivity contribution in [1.29, 1.82) is 0 Å². The highest BCUT2D eigenvalue weighted by atomic mass is 16.5. The van der Waals surface area contributed by atoms with E-state index >= 15 is 0 Å². The van der Waals surface area contributed by atoms with E-state index in [-0.39, 0.29) is 18.2 Å². The van der Waals surface area contributed by atoms with E-state index in [9.17, 15) is 9.59 Å². The van der Waals surface area contributed by atoms with Crippen LogP contribution in [-0.4, -0.2) is 88.3 Å². The lowest BCUT2D eigenvalue weighted by molar-refractivity contribution is 0.106. The van der Waals surface area contributed by atoms with Crippen molar-refractivity contribution in [3.8, 4) is 11.4 Å². The Bertz CT molecular complexity index is 1510. The molecule has 2 aliphatic rings. The average Bonchev–Trinajstić information content (AvgIpc) is 3.45. The Morgan fingerprint density at radius 1 is 0.976 bits per heavy atom. The number of aromatic nitrogens is 5. The molecule has 4 aromatic rings. The molecule has 0 radical (unpaired) electrons. The average molecular weight is 558 g/mol. The van der Waals surface area contributed by atoms with Crippen LogP contribution in [0.5, 0.6) is 0 Å².